The molecule has 0 heterocycles. The van der Waals surface area contributed by atoms with Crippen LogP contribution in [-0.4, -0.2) is 36.2 Å². The molecule has 240 valence electrons. The van der Waals surface area contributed by atoms with Crippen LogP contribution in [0.4, 0.5) is 22.7 Å². The van der Waals surface area contributed by atoms with Gasteiger partial charge in [-0.3, -0.25) is 9.11 Å². The Balaban J connectivity index is 1.32. The molecule has 0 aromatic heterocycles. The Labute approximate surface area is 274 Å². The van der Waals surface area contributed by atoms with Crippen LogP contribution in [0.25, 0.3) is 33.7 Å². The van der Waals surface area contributed by atoms with Gasteiger partial charge in [-0.25, -0.2) is 0 Å². The van der Waals surface area contributed by atoms with Gasteiger partial charge in [-0.15, -0.1) is 10.2 Å². The Kier molecular flexibility index (Phi) is 8.56. The summed E-state index contributed by atoms with van der Waals surface area (Å²) in [4.78, 5) is -1.04. The van der Waals surface area contributed by atoms with Crippen molar-refractivity contribution in [3.8, 4) is 11.5 Å². The predicted molar refractivity (Wildman–Crippen MR) is 181 cm³/mol. The van der Waals surface area contributed by atoms with Crippen molar-refractivity contribution in [1.29, 1.82) is 0 Å². The largest absolute Gasteiger partial charge is 0.507 e. The van der Waals surface area contributed by atoms with Gasteiger partial charge in [0.15, 0.2) is 0 Å². The average molecular weight is 681 g/mol. The SMILES string of the molecule is O=S(=O)(O)c1cc(N=Nc2ccc(O)c3ccccc23)ccc1/C=C\c1ccc(N=Nc2ccc(O)c3ccccc23)cc1S(=O)(=O)O. The van der Waals surface area contributed by atoms with Gasteiger partial charge in [0.2, 0.25) is 0 Å². The van der Waals surface area contributed by atoms with E-state index in [1.54, 1.807) is 60.7 Å². The lowest BCUT2D eigenvalue weighted by molar-refractivity contribution is 0.480. The average Bonchev–Trinajstić information content (AvgIpc) is 3.06. The van der Waals surface area contributed by atoms with E-state index in [0.717, 1.165) is 12.1 Å². The second kappa shape index (κ2) is 12.8. The Hall–Kier alpha value is -5.80. The van der Waals surface area contributed by atoms with Gasteiger partial charge in [-0.1, -0.05) is 72.8 Å². The highest BCUT2D eigenvalue weighted by Gasteiger charge is 2.18. The topological polar surface area (TPSA) is 199 Å². The van der Waals surface area contributed by atoms with Gasteiger partial charge in [0.25, 0.3) is 20.2 Å². The van der Waals surface area contributed by atoms with Crippen LogP contribution in [0.2, 0.25) is 0 Å². The maximum absolute atomic E-state index is 12.3. The van der Waals surface area contributed by atoms with Gasteiger partial charge in [-0.05, 0) is 59.7 Å². The summed E-state index contributed by atoms with van der Waals surface area (Å²) in [6.45, 7) is 0. The molecule has 0 aliphatic heterocycles. The van der Waals surface area contributed by atoms with Crippen LogP contribution in [0.3, 0.4) is 0 Å². The van der Waals surface area contributed by atoms with Crippen LogP contribution in [0.5, 0.6) is 11.5 Å². The Morgan fingerprint density at radius 1 is 0.458 bits per heavy atom. The number of phenols is 2. The van der Waals surface area contributed by atoms with Gasteiger partial charge < -0.3 is 10.2 Å². The summed E-state index contributed by atoms with van der Waals surface area (Å²) in [5, 5.41) is 39.2. The lowest BCUT2D eigenvalue weighted by Gasteiger charge is -2.07. The summed E-state index contributed by atoms with van der Waals surface area (Å²) < 4.78 is 69.2. The first-order chi connectivity index (χ1) is 22.9. The molecule has 0 atom stereocenters. The summed E-state index contributed by atoms with van der Waals surface area (Å²) in [5.74, 6) is 0.127. The molecule has 6 rings (SSSR count). The van der Waals surface area contributed by atoms with Crippen LogP contribution in [0, 0.1) is 0 Å². The van der Waals surface area contributed by atoms with Crippen molar-refractivity contribution in [1.82, 2.24) is 0 Å². The fourth-order valence-electron chi connectivity index (χ4n) is 5.00. The van der Waals surface area contributed by atoms with Gasteiger partial charge >= 0.3 is 0 Å². The predicted octanol–water partition coefficient (Wildman–Crippen LogP) is 8.90. The van der Waals surface area contributed by atoms with Crippen molar-refractivity contribution in [2.75, 3.05) is 0 Å². The highest BCUT2D eigenvalue weighted by molar-refractivity contribution is 7.86. The number of benzene rings is 6. The number of phenolic OH excluding ortho intramolecular Hbond substituents is 2. The van der Waals surface area contributed by atoms with E-state index >= 15 is 0 Å². The minimum Gasteiger partial charge on any atom is -0.507 e. The minimum atomic E-state index is -4.78. The number of aromatic hydroxyl groups is 2. The molecule has 0 radical (unpaired) electrons. The number of rotatable bonds is 8. The molecule has 6 aromatic rings. The van der Waals surface area contributed by atoms with Crippen molar-refractivity contribution in [2.45, 2.75) is 9.79 Å². The van der Waals surface area contributed by atoms with E-state index < -0.39 is 30.0 Å². The lowest BCUT2D eigenvalue weighted by atomic mass is 10.1. The smallest absolute Gasteiger partial charge is 0.295 e. The van der Waals surface area contributed by atoms with Crippen LogP contribution in [-0.2, 0) is 20.2 Å². The minimum absolute atomic E-state index is 0.00390. The van der Waals surface area contributed by atoms with E-state index in [-0.39, 0.29) is 34.0 Å². The summed E-state index contributed by atoms with van der Waals surface area (Å²) in [6, 6.07) is 27.8. The maximum Gasteiger partial charge on any atom is 0.295 e. The zero-order valence-electron chi connectivity index (χ0n) is 24.6. The fourth-order valence-corrected chi connectivity index (χ4v) is 6.41. The first-order valence-electron chi connectivity index (χ1n) is 14.0. The van der Waals surface area contributed by atoms with E-state index in [4.69, 9.17) is 0 Å². The molecule has 0 aliphatic rings. The maximum atomic E-state index is 12.3. The zero-order valence-corrected chi connectivity index (χ0v) is 26.2. The number of nitrogens with zero attached hydrogens (tertiary/aromatic N) is 4. The third-order valence-corrected chi connectivity index (χ3v) is 9.11. The molecule has 6 aromatic carbocycles. The molecule has 0 amide bonds. The normalized spacial score (nSPS) is 12.6. The van der Waals surface area contributed by atoms with Gasteiger partial charge in [-0.2, -0.15) is 27.1 Å². The molecule has 0 bridgehead atoms. The zero-order chi connectivity index (χ0) is 34.1. The monoisotopic (exact) mass is 680 g/mol. The lowest BCUT2D eigenvalue weighted by Crippen LogP contribution is -2.01. The Morgan fingerprint density at radius 2 is 0.833 bits per heavy atom. The Morgan fingerprint density at radius 3 is 1.21 bits per heavy atom. The molecule has 0 unspecified atom stereocenters. The van der Waals surface area contributed by atoms with Crippen LogP contribution in [0.1, 0.15) is 11.1 Å². The number of azo groups is 2. The molecule has 0 aliphatic carbocycles. The van der Waals surface area contributed by atoms with Crippen LogP contribution >= 0.6 is 0 Å². The molecule has 0 fully saturated rings. The summed E-state index contributed by atoms with van der Waals surface area (Å²) >= 11 is 0. The first-order valence-corrected chi connectivity index (χ1v) is 16.9. The standard InChI is InChI=1S/C34H24N4O8S2/c39-31-17-15-29(25-5-1-3-7-27(25)31)37-35-23-13-11-21(33(19-23)47(41,42)43)9-10-22-12-14-24(20-34(22)48(44,45)46)36-38-30-16-18-32(40)28-8-4-2-6-26(28)30/h1-20,39-40H,(H,41,42,43)(H,44,45,46)/b10-9-,37-35?,38-36?. The second-order valence-corrected chi connectivity index (χ2v) is 13.2. The van der Waals surface area contributed by atoms with Crippen molar-refractivity contribution in [2.24, 2.45) is 20.5 Å². The van der Waals surface area contributed by atoms with Crippen molar-refractivity contribution in [3.63, 3.8) is 0 Å². The van der Waals surface area contributed by atoms with E-state index in [0.29, 0.717) is 32.9 Å². The second-order valence-electron chi connectivity index (χ2n) is 10.4. The highest BCUT2D eigenvalue weighted by atomic mass is 32.2. The summed E-state index contributed by atoms with van der Waals surface area (Å²) in [7, 11) is -9.56. The third-order valence-electron chi connectivity index (χ3n) is 7.30. The quantitative estimate of drug-likeness (QED) is 0.0693. The molecule has 48 heavy (non-hydrogen) atoms. The highest BCUT2D eigenvalue weighted by Crippen LogP contribution is 2.36. The first kappa shape index (κ1) is 32.2. The molecule has 4 N–H and O–H groups in total. The Bertz CT molecular complexity index is 2370. The number of fused-ring (bicyclic) bond motifs is 2. The van der Waals surface area contributed by atoms with E-state index in [1.807, 2.05) is 0 Å². The molecule has 14 heteroatoms. The van der Waals surface area contributed by atoms with Gasteiger partial charge in [0, 0.05) is 21.5 Å². The molecule has 0 spiro atoms. The van der Waals surface area contributed by atoms with Crippen LogP contribution in [0.15, 0.2) is 139 Å². The van der Waals surface area contributed by atoms with Crippen LogP contribution < -0.4 is 0 Å². The molecular formula is C34H24N4O8S2. The van der Waals surface area contributed by atoms with Crippen molar-refractivity contribution in [3.05, 3.63) is 120 Å². The van der Waals surface area contributed by atoms with Crippen molar-refractivity contribution < 1.29 is 36.2 Å². The van der Waals surface area contributed by atoms with Gasteiger partial charge in [0.05, 0.1) is 22.7 Å². The number of hydrogen-bond acceptors (Lipinski definition) is 10. The summed E-state index contributed by atoms with van der Waals surface area (Å²) in [6.07, 6.45) is 2.51. The fraction of sp³-hybridized carbons (Fsp3) is 0. The van der Waals surface area contributed by atoms with Crippen molar-refractivity contribution >= 4 is 76.7 Å². The molecule has 0 saturated carbocycles. The molecule has 12 nitrogen and oxygen atoms in total. The van der Waals surface area contributed by atoms with E-state index in [9.17, 15) is 36.2 Å². The third kappa shape index (κ3) is 6.82. The van der Waals surface area contributed by atoms with Gasteiger partial charge in [0.1, 0.15) is 21.3 Å². The van der Waals surface area contributed by atoms with E-state index in [1.165, 1.54) is 48.6 Å². The number of hydrogen-bond donors (Lipinski definition) is 4. The molecular weight excluding hydrogens is 657 g/mol. The summed E-state index contributed by atoms with van der Waals surface area (Å²) in [5.41, 5.74) is 1.00. The van der Waals surface area contributed by atoms with E-state index in [2.05, 4.69) is 20.5 Å². The molecule has 0 saturated heterocycles.